The zero-order chi connectivity index (χ0) is 13.8. The van der Waals surface area contributed by atoms with Crippen molar-refractivity contribution in [1.29, 1.82) is 0 Å². The van der Waals surface area contributed by atoms with Gasteiger partial charge >= 0.3 is 0 Å². The van der Waals surface area contributed by atoms with E-state index in [1.165, 1.54) is 11.3 Å². The van der Waals surface area contributed by atoms with Crippen LogP contribution in [0, 0.1) is 0 Å². The molecule has 0 bridgehead atoms. The van der Waals surface area contributed by atoms with Gasteiger partial charge in [-0.25, -0.2) is 10.8 Å². The number of nitrogen functional groups attached to an aromatic ring is 1. The predicted octanol–water partition coefficient (Wildman–Crippen LogP) is 0.112. The molecule has 3 N–H and O–H groups in total. The topological polar surface area (TPSA) is 89.1 Å². The summed E-state index contributed by atoms with van der Waals surface area (Å²) in [5.41, 5.74) is 4.07. The number of nitrogens with one attached hydrogen (secondary N) is 1. The Kier molecular flexibility index (Phi) is 4.25. The Labute approximate surface area is 115 Å². The second-order valence-corrected chi connectivity index (χ2v) is 5.17. The third-order valence-electron chi connectivity index (χ3n) is 2.52. The van der Waals surface area contributed by atoms with E-state index in [4.69, 9.17) is 5.84 Å². The van der Waals surface area contributed by atoms with Gasteiger partial charge in [-0.1, -0.05) is 0 Å². The van der Waals surface area contributed by atoms with Crippen molar-refractivity contribution in [1.82, 2.24) is 25.1 Å². The Morgan fingerprint density at radius 1 is 1.58 bits per heavy atom. The van der Waals surface area contributed by atoms with Crippen LogP contribution in [0.15, 0.2) is 17.8 Å². The maximum Gasteiger partial charge on any atom is 0.294 e. The maximum atomic E-state index is 11.3. The molecule has 0 unspecified atom stereocenters. The van der Waals surface area contributed by atoms with E-state index in [1.807, 2.05) is 31.9 Å². The van der Waals surface area contributed by atoms with Crippen LogP contribution in [-0.2, 0) is 20.1 Å². The Hall–Kier alpha value is -1.77. The summed E-state index contributed by atoms with van der Waals surface area (Å²) in [6.45, 7) is 1.45. The second-order valence-electron chi connectivity index (χ2n) is 4.31. The number of hydrogen-bond donors (Lipinski definition) is 2. The molecule has 0 fully saturated rings. The zero-order valence-electron chi connectivity index (χ0n) is 10.8. The van der Waals surface area contributed by atoms with Crippen LogP contribution >= 0.6 is 11.3 Å². The summed E-state index contributed by atoms with van der Waals surface area (Å²) in [6, 6.07) is 0. The molecule has 7 nitrogen and oxygen atoms in total. The molecule has 0 saturated heterocycles. The highest BCUT2D eigenvalue weighted by atomic mass is 32.1. The maximum absolute atomic E-state index is 11.3. The molecule has 0 aliphatic carbocycles. The van der Waals surface area contributed by atoms with Crippen molar-refractivity contribution < 1.29 is 4.79 Å². The number of aromatic nitrogens is 3. The lowest BCUT2D eigenvalue weighted by atomic mass is 10.3. The number of hydrogen-bond acceptors (Lipinski definition) is 6. The smallest absolute Gasteiger partial charge is 0.294 e. The largest absolute Gasteiger partial charge is 0.296 e. The number of carbonyl (C=O) groups excluding carboxylic acids is 1. The number of nitrogens with two attached hydrogens (primary N) is 1. The summed E-state index contributed by atoms with van der Waals surface area (Å²) in [7, 11) is 3.89. The molecule has 2 heterocycles. The molecule has 0 aliphatic heterocycles. The first-order chi connectivity index (χ1) is 9.08. The third-order valence-corrected chi connectivity index (χ3v) is 3.41. The number of nitrogens with zero attached hydrogens (tertiary/aromatic N) is 4. The number of aryl methyl sites for hydroxylation is 1. The van der Waals surface area contributed by atoms with Crippen LogP contribution in [0.4, 0.5) is 0 Å². The van der Waals surface area contributed by atoms with E-state index < -0.39 is 0 Å². The Bertz CT molecular complexity index is 563. The van der Waals surface area contributed by atoms with Crippen LogP contribution in [0.5, 0.6) is 0 Å². The van der Waals surface area contributed by atoms with E-state index in [0.29, 0.717) is 11.6 Å². The molecule has 8 heteroatoms. The van der Waals surface area contributed by atoms with Crippen LogP contribution in [0.25, 0.3) is 0 Å². The lowest BCUT2D eigenvalue weighted by Crippen LogP contribution is -2.29. The fourth-order valence-electron chi connectivity index (χ4n) is 1.74. The Balaban J connectivity index is 1.93. The van der Waals surface area contributed by atoms with Crippen LogP contribution < -0.4 is 11.3 Å². The lowest BCUT2D eigenvalue weighted by molar-refractivity contribution is 0.0953. The summed E-state index contributed by atoms with van der Waals surface area (Å²) in [6.07, 6.45) is 3.82. The van der Waals surface area contributed by atoms with E-state index in [9.17, 15) is 4.79 Å². The fourth-order valence-corrected chi connectivity index (χ4v) is 2.45. The van der Waals surface area contributed by atoms with Crippen molar-refractivity contribution in [2.45, 2.75) is 13.1 Å². The van der Waals surface area contributed by atoms with Gasteiger partial charge in [0, 0.05) is 37.3 Å². The standard InChI is InChI=1S/C11H16N6OS/c1-16(4-8-3-13-17(2)5-8)6-9-7-19-11(14-9)10(18)15-12/h3,5,7H,4,6,12H2,1-2H3,(H,15,18). The molecule has 2 aromatic heterocycles. The van der Waals surface area contributed by atoms with Gasteiger partial charge in [0.1, 0.15) is 0 Å². The van der Waals surface area contributed by atoms with Gasteiger partial charge in [-0.15, -0.1) is 11.3 Å². The number of amides is 1. The van der Waals surface area contributed by atoms with Gasteiger partial charge in [0.25, 0.3) is 5.91 Å². The van der Waals surface area contributed by atoms with Gasteiger partial charge in [0.15, 0.2) is 5.01 Å². The normalized spacial score (nSPS) is 10.9. The molecule has 2 rings (SSSR count). The highest BCUT2D eigenvalue weighted by Gasteiger charge is 2.11. The van der Waals surface area contributed by atoms with Gasteiger partial charge in [0.05, 0.1) is 11.9 Å². The third kappa shape index (κ3) is 3.60. The molecular formula is C11H16N6OS. The molecule has 0 radical (unpaired) electrons. The van der Waals surface area contributed by atoms with Crippen molar-refractivity contribution in [3.8, 4) is 0 Å². The Morgan fingerprint density at radius 2 is 2.37 bits per heavy atom. The molecule has 102 valence electrons. The molecule has 2 aromatic rings. The van der Waals surface area contributed by atoms with E-state index in [1.54, 1.807) is 4.68 Å². The van der Waals surface area contributed by atoms with Gasteiger partial charge in [0.2, 0.25) is 0 Å². The van der Waals surface area contributed by atoms with Crippen molar-refractivity contribution in [3.63, 3.8) is 0 Å². The number of rotatable bonds is 5. The van der Waals surface area contributed by atoms with Crippen LogP contribution in [0.3, 0.4) is 0 Å². The average molecular weight is 280 g/mol. The second kappa shape index (κ2) is 5.91. The molecule has 1 amide bonds. The average Bonchev–Trinajstić information content (AvgIpc) is 2.98. The molecule has 0 aliphatic rings. The van der Waals surface area contributed by atoms with E-state index >= 15 is 0 Å². The fraction of sp³-hybridized carbons (Fsp3) is 0.364. The molecule has 0 spiro atoms. The number of hydrazine groups is 1. The highest BCUT2D eigenvalue weighted by Crippen LogP contribution is 2.12. The first kappa shape index (κ1) is 13.7. The van der Waals surface area contributed by atoms with Crippen molar-refractivity contribution in [2.24, 2.45) is 12.9 Å². The van der Waals surface area contributed by atoms with Crippen molar-refractivity contribution in [2.75, 3.05) is 7.05 Å². The monoisotopic (exact) mass is 280 g/mol. The summed E-state index contributed by atoms with van der Waals surface area (Å²) in [5.74, 6) is 4.71. The van der Waals surface area contributed by atoms with Crippen LogP contribution in [0.2, 0.25) is 0 Å². The minimum absolute atomic E-state index is 0.355. The SMILES string of the molecule is CN(Cc1cnn(C)c1)Cc1csc(C(=O)NN)n1. The van der Waals surface area contributed by atoms with E-state index in [0.717, 1.165) is 17.8 Å². The molecular weight excluding hydrogens is 264 g/mol. The van der Waals surface area contributed by atoms with Gasteiger partial charge in [-0.3, -0.25) is 19.8 Å². The summed E-state index contributed by atoms with van der Waals surface area (Å²) >= 11 is 1.29. The van der Waals surface area contributed by atoms with E-state index in [-0.39, 0.29) is 5.91 Å². The van der Waals surface area contributed by atoms with Crippen molar-refractivity contribution >= 4 is 17.2 Å². The summed E-state index contributed by atoms with van der Waals surface area (Å²) in [4.78, 5) is 17.6. The quantitative estimate of drug-likeness (QED) is 0.461. The van der Waals surface area contributed by atoms with Gasteiger partial charge < -0.3 is 0 Å². The lowest BCUT2D eigenvalue weighted by Gasteiger charge is -2.13. The Morgan fingerprint density at radius 3 is 3.00 bits per heavy atom. The van der Waals surface area contributed by atoms with Crippen molar-refractivity contribution in [3.05, 3.63) is 34.0 Å². The molecule has 0 atom stereocenters. The first-order valence-electron chi connectivity index (χ1n) is 5.70. The summed E-state index contributed by atoms with van der Waals surface area (Å²) in [5, 5.41) is 6.37. The van der Waals surface area contributed by atoms with Gasteiger partial charge in [-0.05, 0) is 7.05 Å². The molecule has 0 saturated carbocycles. The zero-order valence-corrected chi connectivity index (χ0v) is 11.6. The molecule has 19 heavy (non-hydrogen) atoms. The van der Waals surface area contributed by atoms with Crippen LogP contribution in [-0.4, -0.2) is 32.6 Å². The van der Waals surface area contributed by atoms with Gasteiger partial charge in [-0.2, -0.15) is 5.10 Å². The number of thiazole rings is 1. The van der Waals surface area contributed by atoms with Crippen LogP contribution in [0.1, 0.15) is 21.1 Å². The van der Waals surface area contributed by atoms with E-state index in [2.05, 4.69) is 20.4 Å². The number of carbonyl (C=O) groups is 1. The first-order valence-corrected chi connectivity index (χ1v) is 6.58. The molecule has 0 aromatic carbocycles. The minimum Gasteiger partial charge on any atom is -0.296 e. The minimum atomic E-state index is -0.355. The highest BCUT2D eigenvalue weighted by molar-refractivity contribution is 7.11. The predicted molar refractivity (Wildman–Crippen MR) is 72.1 cm³/mol. The summed E-state index contributed by atoms with van der Waals surface area (Å²) < 4.78 is 1.77.